The highest BCUT2D eigenvalue weighted by atomic mass is 16.6. The second kappa shape index (κ2) is 12.0. The maximum absolute atomic E-state index is 13.5. The molecule has 44 heavy (non-hydrogen) atoms. The number of benzene rings is 1. The summed E-state index contributed by atoms with van der Waals surface area (Å²) in [4.78, 5) is 35.0. The average molecular weight is 606 g/mol. The first-order valence-corrected chi connectivity index (χ1v) is 15.6. The number of rotatable bonds is 5. The first-order chi connectivity index (χ1) is 21.0. The van der Waals surface area contributed by atoms with Gasteiger partial charge in [-0.1, -0.05) is 11.2 Å². The number of hydrogen-bond donors (Lipinski definition) is 0. The van der Waals surface area contributed by atoms with Crippen LogP contribution in [-0.2, 0) is 19.0 Å². The predicted molar refractivity (Wildman–Crippen MR) is 164 cm³/mol. The summed E-state index contributed by atoms with van der Waals surface area (Å²) in [5, 5.41) is 4.15. The van der Waals surface area contributed by atoms with E-state index in [1.165, 1.54) is 0 Å². The minimum atomic E-state index is -0.570. The van der Waals surface area contributed by atoms with Crippen LogP contribution in [0.4, 0.5) is 4.79 Å². The molecule has 1 aromatic carbocycles. The van der Waals surface area contributed by atoms with Gasteiger partial charge >= 0.3 is 6.09 Å². The van der Waals surface area contributed by atoms with Crippen LogP contribution in [-0.4, -0.2) is 81.6 Å². The van der Waals surface area contributed by atoms with Crippen molar-refractivity contribution in [2.24, 2.45) is 0 Å². The minimum absolute atomic E-state index is 0.0129. The molecule has 3 aromatic rings. The Kier molecular flexibility index (Phi) is 8.27. The van der Waals surface area contributed by atoms with Gasteiger partial charge in [0.25, 0.3) is 5.91 Å². The van der Waals surface area contributed by atoms with Crippen LogP contribution < -0.4 is 0 Å². The zero-order valence-corrected chi connectivity index (χ0v) is 26.6. The van der Waals surface area contributed by atoms with E-state index in [-0.39, 0.29) is 30.8 Å². The van der Waals surface area contributed by atoms with Crippen LogP contribution in [0.25, 0.3) is 22.2 Å². The van der Waals surface area contributed by atoms with Gasteiger partial charge in [-0.2, -0.15) is 0 Å². The van der Waals surface area contributed by atoms with Gasteiger partial charge < -0.3 is 33.1 Å². The van der Waals surface area contributed by atoms with Crippen LogP contribution >= 0.6 is 0 Å². The predicted octanol–water partition coefficient (Wildman–Crippen LogP) is 5.86. The van der Waals surface area contributed by atoms with E-state index in [1.807, 2.05) is 45.6 Å². The van der Waals surface area contributed by atoms with Crippen LogP contribution in [0.3, 0.4) is 0 Å². The topological polar surface area (TPSA) is 112 Å². The Morgan fingerprint density at radius 3 is 2.52 bits per heavy atom. The molecule has 1 atom stereocenters. The molecule has 11 heteroatoms. The maximum Gasteiger partial charge on any atom is 0.410 e. The van der Waals surface area contributed by atoms with Crippen molar-refractivity contribution in [2.75, 3.05) is 33.4 Å². The molecule has 0 bridgehead atoms. The average Bonchev–Trinajstić information content (AvgIpc) is 3.54. The summed E-state index contributed by atoms with van der Waals surface area (Å²) in [6, 6.07) is 6.15. The van der Waals surface area contributed by atoms with E-state index in [4.69, 9.17) is 23.7 Å². The van der Waals surface area contributed by atoms with E-state index in [9.17, 15) is 9.59 Å². The number of amides is 2. The summed E-state index contributed by atoms with van der Waals surface area (Å²) >= 11 is 0. The molecule has 0 radical (unpaired) electrons. The Labute approximate surface area is 258 Å². The SMILES string of the molecule is COC1CCC(n2c([C@@H]3COCC(=O)N3C3=CCN(C(=O)OC(C)(C)C)CC3)nc3cc(-c4c(C)noc4C)ccc32)CC1. The molecule has 236 valence electrons. The lowest BCUT2D eigenvalue weighted by Crippen LogP contribution is -2.47. The second-order valence-electron chi connectivity index (χ2n) is 13.1. The van der Waals surface area contributed by atoms with Crippen molar-refractivity contribution in [3.05, 3.63) is 47.3 Å². The number of morpholine rings is 1. The first-order valence-electron chi connectivity index (χ1n) is 15.6. The maximum atomic E-state index is 13.5. The van der Waals surface area contributed by atoms with E-state index >= 15 is 0 Å². The Balaban J connectivity index is 1.38. The number of hydrogen-bond acceptors (Lipinski definition) is 8. The molecule has 11 nitrogen and oxygen atoms in total. The molecule has 3 aliphatic rings. The Hall–Kier alpha value is -3.70. The molecule has 0 unspecified atom stereocenters. The highest BCUT2D eigenvalue weighted by molar-refractivity contribution is 5.85. The van der Waals surface area contributed by atoms with Crippen LogP contribution in [0.15, 0.2) is 34.5 Å². The third-order valence-electron chi connectivity index (χ3n) is 8.91. The van der Waals surface area contributed by atoms with Crippen molar-refractivity contribution < 1.29 is 28.3 Å². The molecule has 2 amide bonds. The van der Waals surface area contributed by atoms with Gasteiger partial charge in [0.2, 0.25) is 0 Å². The van der Waals surface area contributed by atoms with Gasteiger partial charge in [-0.25, -0.2) is 9.78 Å². The molecule has 2 fully saturated rings. The lowest BCUT2D eigenvalue weighted by Gasteiger charge is -2.40. The van der Waals surface area contributed by atoms with E-state index in [2.05, 4.69) is 27.9 Å². The number of fused-ring (bicyclic) bond motifs is 1. The van der Waals surface area contributed by atoms with E-state index in [0.717, 1.165) is 70.8 Å². The van der Waals surface area contributed by atoms with Crippen molar-refractivity contribution in [1.82, 2.24) is 24.5 Å². The van der Waals surface area contributed by atoms with E-state index in [1.54, 1.807) is 12.0 Å². The number of methoxy groups -OCH3 is 1. The molecule has 0 N–H and O–H groups in total. The van der Waals surface area contributed by atoms with Crippen molar-refractivity contribution in [1.29, 1.82) is 0 Å². The van der Waals surface area contributed by atoms with Crippen LogP contribution in [0.1, 0.15) is 82.2 Å². The Morgan fingerprint density at radius 2 is 1.89 bits per heavy atom. The zero-order chi connectivity index (χ0) is 31.2. The fraction of sp³-hybridized carbons (Fsp3) is 0.576. The van der Waals surface area contributed by atoms with Crippen molar-refractivity contribution in [3.63, 3.8) is 0 Å². The summed E-state index contributed by atoms with van der Waals surface area (Å²) < 4.78 is 24.9. The minimum Gasteiger partial charge on any atom is -0.444 e. The third kappa shape index (κ3) is 5.87. The number of nitrogens with zero attached hydrogens (tertiary/aromatic N) is 5. The van der Waals surface area contributed by atoms with Gasteiger partial charge in [-0.15, -0.1) is 0 Å². The van der Waals surface area contributed by atoms with Gasteiger partial charge in [-0.05, 0) is 84.1 Å². The Bertz CT molecular complexity index is 1560. The molecule has 1 aliphatic carbocycles. The molecule has 0 spiro atoms. The molecular formula is C33H43N5O6. The standard InChI is InChI=1S/C33H43N5O6/c1-20-30(21(2)44-35-20)22-7-12-27-26(17-22)34-31(38(27)23-8-10-25(41-6)11-9-23)28-18-42-19-29(39)37(28)24-13-15-36(16-14-24)32(40)43-33(3,4)5/h7,12-13,17,23,25,28H,8-11,14-16,18-19H2,1-6H3/t23?,25?,28-/m0/s1. The van der Waals surface area contributed by atoms with Crippen molar-refractivity contribution >= 4 is 23.0 Å². The molecule has 2 aromatic heterocycles. The number of carbonyl (C=O) groups excluding carboxylic acids is 2. The molecular weight excluding hydrogens is 562 g/mol. The number of ether oxygens (including phenoxy) is 3. The van der Waals surface area contributed by atoms with Gasteiger partial charge in [-0.3, -0.25) is 4.79 Å². The fourth-order valence-electron chi connectivity index (χ4n) is 6.82. The molecule has 6 rings (SSSR count). The van der Waals surface area contributed by atoms with Crippen molar-refractivity contribution in [3.8, 4) is 11.1 Å². The highest BCUT2D eigenvalue weighted by Crippen LogP contribution is 2.40. The third-order valence-corrected chi connectivity index (χ3v) is 8.91. The number of aromatic nitrogens is 3. The lowest BCUT2D eigenvalue weighted by atomic mass is 9.92. The van der Waals surface area contributed by atoms with Gasteiger partial charge in [0, 0.05) is 43.9 Å². The summed E-state index contributed by atoms with van der Waals surface area (Å²) in [5.74, 6) is 1.48. The van der Waals surface area contributed by atoms with E-state index in [0.29, 0.717) is 26.1 Å². The number of carbonyl (C=O) groups is 2. The quantitative estimate of drug-likeness (QED) is 0.355. The Morgan fingerprint density at radius 1 is 1.11 bits per heavy atom. The van der Waals surface area contributed by atoms with Crippen LogP contribution in [0.2, 0.25) is 0 Å². The number of aryl methyl sites for hydroxylation is 2. The van der Waals surface area contributed by atoms with E-state index < -0.39 is 11.6 Å². The summed E-state index contributed by atoms with van der Waals surface area (Å²) in [6.07, 6.45) is 6.26. The highest BCUT2D eigenvalue weighted by Gasteiger charge is 2.39. The van der Waals surface area contributed by atoms with Crippen LogP contribution in [0.5, 0.6) is 0 Å². The smallest absolute Gasteiger partial charge is 0.410 e. The number of imidazole rings is 1. The van der Waals surface area contributed by atoms with Crippen molar-refractivity contribution in [2.45, 2.75) is 90.5 Å². The summed E-state index contributed by atoms with van der Waals surface area (Å²) in [6.45, 7) is 10.6. The lowest BCUT2D eigenvalue weighted by molar-refractivity contribution is -0.146. The molecule has 2 aliphatic heterocycles. The monoisotopic (exact) mass is 605 g/mol. The summed E-state index contributed by atoms with van der Waals surface area (Å²) in [7, 11) is 1.78. The van der Waals surface area contributed by atoms with Gasteiger partial charge in [0.1, 0.15) is 29.8 Å². The second-order valence-corrected chi connectivity index (χ2v) is 13.1. The zero-order valence-electron chi connectivity index (χ0n) is 26.6. The fourth-order valence-corrected chi connectivity index (χ4v) is 6.82. The molecule has 1 saturated carbocycles. The molecule has 1 saturated heterocycles. The van der Waals surface area contributed by atoms with Gasteiger partial charge in [0.15, 0.2) is 0 Å². The van der Waals surface area contributed by atoms with Crippen LogP contribution in [0, 0.1) is 13.8 Å². The largest absolute Gasteiger partial charge is 0.444 e. The normalized spacial score (nSPS) is 23.3. The molecule has 4 heterocycles. The first kappa shape index (κ1) is 30.3. The summed E-state index contributed by atoms with van der Waals surface area (Å²) in [5.41, 5.74) is 5.02. The van der Waals surface area contributed by atoms with Gasteiger partial charge in [0.05, 0.1) is 29.4 Å².